The van der Waals surface area contributed by atoms with E-state index in [1.807, 2.05) is 17.7 Å². The standard InChI is InChI=1S/C10H16N2O2/c1-4-7-12-9(5-6-11-12)8(2)10(13)14-3/h5-6,8H,4,7H2,1-3H3. The zero-order valence-electron chi connectivity index (χ0n) is 8.86. The summed E-state index contributed by atoms with van der Waals surface area (Å²) in [7, 11) is 1.40. The minimum atomic E-state index is -0.242. The molecule has 1 rings (SSSR count). The molecule has 4 heteroatoms. The number of ether oxygens (including phenoxy) is 1. The lowest BCUT2D eigenvalue weighted by Crippen LogP contribution is -2.15. The van der Waals surface area contributed by atoms with Crippen LogP contribution in [-0.2, 0) is 16.1 Å². The average molecular weight is 196 g/mol. The van der Waals surface area contributed by atoms with Crippen LogP contribution in [-0.4, -0.2) is 22.9 Å². The van der Waals surface area contributed by atoms with Crippen molar-refractivity contribution in [3.63, 3.8) is 0 Å². The summed E-state index contributed by atoms with van der Waals surface area (Å²) in [6.07, 6.45) is 2.72. The summed E-state index contributed by atoms with van der Waals surface area (Å²) in [5.74, 6) is -0.461. The van der Waals surface area contributed by atoms with E-state index in [9.17, 15) is 4.79 Å². The number of hydrogen-bond donors (Lipinski definition) is 0. The van der Waals surface area contributed by atoms with E-state index in [1.165, 1.54) is 7.11 Å². The highest BCUT2D eigenvalue weighted by Crippen LogP contribution is 2.16. The van der Waals surface area contributed by atoms with Crippen molar-refractivity contribution in [1.29, 1.82) is 0 Å². The molecule has 4 nitrogen and oxygen atoms in total. The lowest BCUT2D eigenvalue weighted by Gasteiger charge is -2.11. The molecule has 1 heterocycles. The van der Waals surface area contributed by atoms with Crippen LogP contribution in [0.4, 0.5) is 0 Å². The number of rotatable bonds is 4. The van der Waals surface area contributed by atoms with E-state index < -0.39 is 0 Å². The third kappa shape index (κ3) is 2.13. The maximum atomic E-state index is 11.3. The first-order valence-electron chi connectivity index (χ1n) is 4.80. The number of carbonyl (C=O) groups is 1. The summed E-state index contributed by atoms with van der Waals surface area (Å²) in [6, 6.07) is 1.86. The van der Waals surface area contributed by atoms with Crippen LogP contribution in [0.5, 0.6) is 0 Å². The zero-order valence-corrected chi connectivity index (χ0v) is 8.86. The Hall–Kier alpha value is -1.32. The van der Waals surface area contributed by atoms with E-state index in [-0.39, 0.29) is 11.9 Å². The van der Waals surface area contributed by atoms with Crippen molar-refractivity contribution in [3.05, 3.63) is 18.0 Å². The monoisotopic (exact) mass is 196 g/mol. The lowest BCUT2D eigenvalue weighted by molar-refractivity contribution is -0.142. The minimum Gasteiger partial charge on any atom is -0.469 e. The summed E-state index contributed by atoms with van der Waals surface area (Å²) < 4.78 is 6.54. The molecule has 0 aliphatic rings. The Morgan fingerprint density at radius 3 is 3.00 bits per heavy atom. The fraction of sp³-hybridized carbons (Fsp3) is 0.600. The highest BCUT2D eigenvalue weighted by atomic mass is 16.5. The molecule has 0 fully saturated rings. The van der Waals surface area contributed by atoms with E-state index in [4.69, 9.17) is 0 Å². The van der Waals surface area contributed by atoms with Crippen LogP contribution in [0.1, 0.15) is 31.9 Å². The van der Waals surface area contributed by atoms with Crippen molar-refractivity contribution in [3.8, 4) is 0 Å². The van der Waals surface area contributed by atoms with Gasteiger partial charge in [0.1, 0.15) is 0 Å². The third-order valence-corrected chi connectivity index (χ3v) is 2.18. The molecule has 1 aromatic rings. The normalized spacial score (nSPS) is 12.5. The Balaban J connectivity index is 2.83. The molecular weight excluding hydrogens is 180 g/mol. The Morgan fingerprint density at radius 1 is 1.71 bits per heavy atom. The molecule has 0 aliphatic heterocycles. The minimum absolute atomic E-state index is 0.220. The van der Waals surface area contributed by atoms with Crippen LogP contribution in [0, 0.1) is 0 Å². The first kappa shape index (κ1) is 10.8. The maximum Gasteiger partial charge on any atom is 0.314 e. The molecule has 0 radical (unpaired) electrons. The van der Waals surface area contributed by atoms with Gasteiger partial charge in [0, 0.05) is 12.7 Å². The smallest absolute Gasteiger partial charge is 0.314 e. The van der Waals surface area contributed by atoms with E-state index in [0.29, 0.717) is 0 Å². The van der Waals surface area contributed by atoms with Crippen LogP contribution < -0.4 is 0 Å². The van der Waals surface area contributed by atoms with Gasteiger partial charge in [0.2, 0.25) is 0 Å². The van der Waals surface area contributed by atoms with Gasteiger partial charge in [-0.3, -0.25) is 9.48 Å². The molecule has 14 heavy (non-hydrogen) atoms. The summed E-state index contributed by atoms with van der Waals surface area (Å²) in [6.45, 7) is 4.74. The number of aryl methyl sites for hydroxylation is 1. The molecule has 0 N–H and O–H groups in total. The van der Waals surface area contributed by atoms with Gasteiger partial charge in [-0.25, -0.2) is 0 Å². The molecule has 1 unspecified atom stereocenters. The number of methoxy groups -OCH3 is 1. The molecule has 1 aromatic heterocycles. The zero-order chi connectivity index (χ0) is 10.6. The molecule has 0 aromatic carbocycles. The van der Waals surface area contributed by atoms with Gasteiger partial charge in [0.05, 0.1) is 18.7 Å². The van der Waals surface area contributed by atoms with Gasteiger partial charge >= 0.3 is 5.97 Å². The molecule has 1 atom stereocenters. The molecule has 0 saturated heterocycles. The van der Waals surface area contributed by atoms with Gasteiger partial charge in [-0.15, -0.1) is 0 Å². The fourth-order valence-electron chi connectivity index (χ4n) is 1.41. The topological polar surface area (TPSA) is 44.1 Å². The van der Waals surface area contributed by atoms with Crippen LogP contribution in [0.25, 0.3) is 0 Å². The molecule has 0 bridgehead atoms. The second-order valence-electron chi connectivity index (χ2n) is 3.22. The van der Waals surface area contributed by atoms with Crippen molar-refractivity contribution in [2.75, 3.05) is 7.11 Å². The van der Waals surface area contributed by atoms with Crippen molar-refractivity contribution in [2.45, 2.75) is 32.7 Å². The van der Waals surface area contributed by atoms with Gasteiger partial charge in [0.25, 0.3) is 0 Å². The highest BCUT2D eigenvalue weighted by molar-refractivity contribution is 5.76. The SMILES string of the molecule is CCCn1nccc1C(C)C(=O)OC. The second-order valence-corrected chi connectivity index (χ2v) is 3.22. The molecule has 78 valence electrons. The first-order chi connectivity index (χ1) is 6.70. The molecular formula is C10H16N2O2. The van der Waals surface area contributed by atoms with Crippen LogP contribution in [0.15, 0.2) is 12.3 Å². The number of esters is 1. The third-order valence-electron chi connectivity index (χ3n) is 2.18. The van der Waals surface area contributed by atoms with Gasteiger partial charge < -0.3 is 4.74 Å². The molecule has 0 amide bonds. The van der Waals surface area contributed by atoms with Crippen LogP contribution >= 0.6 is 0 Å². The predicted molar refractivity (Wildman–Crippen MR) is 52.9 cm³/mol. The fourth-order valence-corrected chi connectivity index (χ4v) is 1.41. The number of aromatic nitrogens is 2. The van der Waals surface area contributed by atoms with Crippen molar-refractivity contribution in [2.24, 2.45) is 0 Å². The second kappa shape index (κ2) is 4.79. The lowest BCUT2D eigenvalue weighted by atomic mass is 10.1. The Kier molecular flexibility index (Phi) is 3.68. The van der Waals surface area contributed by atoms with Gasteiger partial charge in [0.15, 0.2) is 0 Å². The molecule has 0 saturated carbocycles. The largest absolute Gasteiger partial charge is 0.469 e. The predicted octanol–water partition coefficient (Wildman–Crippen LogP) is 1.57. The van der Waals surface area contributed by atoms with Crippen LogP contribution in [0.3, 0.4) is 0 Å². The number of hydrogen-bond acceptors (Lipinski definition) is 3. The van der Waals surface area contributed by atoms with Crippen molar-refractivity contribution >= 4 is 5.97 Å². The van der Waals surface area contributed by atoms with Gasteiger partial charge in [-0.2, -0.15) is 5.10 Å². The quantitative estimate of drug-likeness (QED) is 0.686. The van der Waals surface area contributed by atoms with E-state index in [2.05, 4.69) is 16.8 Å². The highest BCUT2D eigenvalue weighted by Gasteiger charge is 2.19. The Morgan fingerprint density at radius 2 is 2.43 bits per heavy atom. The average Bonchev–Trinajstić information content (AvgIpc) is 2.64. The first-order valence-corrected chi connectivity index (χ1v) is 4.80. The summed E-state index contributed by atoms with van der Waals surface area (Å²) in [5.41, 5.74) is 0.915. The number of carbonyl (C=O) groups excluding carboxylic acids is 1. The Bertz CT molecular complexity index is 307. The molecule has 0 aliphatic carbocycles. The maximum absolute atomic E-state index is 11.3. The molecule has 0 spiro atoms. The summed E-state index contributed by atoms with van der Waals surface area (Å²) in [4.78, 5) is 11.3. The summed E-state index contributed by atoms with van der Waals surface area (Å²) in [5, 5.41) is 4.15. The van der Waals surface area contributed by atoms with Gasteiger partial charge in [-0.05, 0) is 19.4 Å². The van der Waals surface area contributed by atoms with Gasteiger partial charge in [-0.1, -0.05) is 6.92 Å². The van der Waals surface area contributed by atoms with Crippen LogP contribution in [0.2, 0.25) is 0 Å². The summed E-state index contributed by atoms with van der Waals surface area (Å²) >= 11 is 0. The van der Waals surface area contributed by atoms with E-state index >= 15 is 0 Å². The Labute approximate surface area is 83.9 Å². The van der Waals surface area contributed by atoms with E-state index in [1.54, 1.807) is 6.20 Å². The van der Waals surface area contributed by atoms with E-state index in [0.717, 1.165) is 18.7 Å². The van der Waals surface area contributed by atoms with Crippen molar-refractivity contribution < 1.29 is 9.53 Å². The number of nitrogens with zero attached hydrogens (tertiary/aromatic N) is 2. The van der Waals surface area contributed by atoms with Crippen molar-refractivity contribution in [1.82, 2.24) is 9.78 Å².